The molecule has 1 rings (SSSR count). The van der Waals surface area contributed by atoms with E-state index >= 15 is 0 Å². The van der Waals surface area contributed by atoms with Gasteiger partial charge in [-0.05, 0) is 44.4 Å². The molecule has 43 heavy (non-hydrogen) atoms. The SMILES string of the molecule is CC(C)[C@H](NC(=O)[C@@H]1CCCN1C(=O)[C@H](CCCN=C(N)N)NC(=O)[C@@H](N)CO)C(=O)N[C@@H](CCCN=C(N)N)C(=O)O. The minimum atomic E-state index is -1.26. The normalized spacial score (nSPS) is 17.2. The molecule has 0 aromatic rings. The van der Waals surface area contributed by atoms with Gasteiger partial charge in [-0.2, -0.15) is 0 Å². The molecular weight excluding hydrogens is 566 g/mol. The third-order valence-electron chi connectivity index (χ3n) is 6.74. The number of nitrogens with one attached hydrogen (secondary N) is 3. The van der Waals surface area contributed by atoms with Gasteiger partial charge in [-0.1, -0.05) is 13.8 Å². The van der Waals surface area contributed by atoms with Crippen LogP contribution in [0.3, 0.4) is 0 Å². The summed E-state index contributed by atoms with van der Waals surface area (Å²) in [6.07, 6.45) is 1.58. The Bertz CT molecular complexity index is 1030. The molecule has 4 amide bonds. The standard InChI is InChI=1S/C25H47N11O7/c1-13(2)18(21(40)34-16(23(42)43)7-4-10-32-25(29)30)35-20(39)17-8-5-11-36(17)22(41)15(6-3-9-31-24(27)28)33-19(38)14(26)12-37/h13-18,37H,3-12,26H2,1-2H3,(H,33,38)(H,34,40)(H,35,39)(H,42,43)(H4,27,28,31)(H4,29,30,32)/t14-,15-,16-,17-,18-/m0/s1. The van der Waals surface area contributed by atoms with Crippen LogP contribution in [-0.2, 0) is 24.0 Å². The Morgan fingerprint density at radius 3 is 1.91 bits per heavy atom. The van der Waals surface area contributed by atoms with E-state index < -0.39 is 72.3 Å². The van der Waals surface area contributed by atoms with Crippen molar-refractivity contribution in [2.75, 3.05) is 26.2 Å². The number of amides is 4. The molecule has 1 aliphatic rings. The summed E-state index contributed by atoms with van der Waals surface area (Å²) in [6.45, 7) is 3.33. The Kier molecular flexibility index (Phi) is 15.7. The highest BCUT2D eigenvalue weighted by Crippen LogP contribution is 2.20. The predicted octanol–water partition coefficient (Wildman–Crippen LogP) is -4.40. The van der Waals surface area contributed by atoms with Crippen LogP contribution in [0.1, 0.15) is 52.4 Å². The average molecular weight is 614 g/mol. The smallest absolute Gasteiger partial charge is 0.326 e. The predicted molar refractivity (Wildman–Crippen MR) is 158 cm³/mol. The Hall–Kier alpha value is -4.19. The fourth-order valence-corrected chi connectivity index (χ4v) is 4.43. The quantitative estimate of drug-likeness (QED) is 0.0398. The summed E-state index contributed by atoms with van der Waals surface area (Å²) in [6, 6.07) is -5.61. The molecule has 18 heteroatoms. The molecule has 0 aromatic carbocycles. The van der Waals surface area contributed by atoms with Gasteiger partial charge in [-0.3, -0.25) is 29.2 Å². The molecule has 1 aliphatic heterocycles. The van der Waals surface area contributed by atoms with Crippen molar-refractivity contribution < 1.29 is 34.2 Å². The maximum atomic E-state index is 13.5. The lowest BCUT2D eigenvalue weighted by molar-refractivity contribution is -0.144. The van der Waals surface area contributed by atoms with Gasteiger partial charge in [0.15, 0.2) is 11.9 Å². The number of hydrogen-bond acceptors (Lipinski definition) is 9. The number of carboxylic acid groups (broad SMARTS) is 1. The van der Waals surface area contributed by atoms with Crippen LogP contribution in [0.2, 0.25) is 0 Å². The van der Waals surface area contributed by atoms with E-state index in [1.165, 1.54) is 4.90 Å². The summed E-state index contributed by atoms with van der Waals surface area (Å²) in [5.74, 6) is -4.53. The Balaban J connectivity index is 3.01. The fraction of sp³-hybridized carbons (Fsp3) is 0.720. The van der Waals surface area contributed by atoms with Gasteiger partial charge < -0.3 is 59.7 Å². The summed E-state index contributed by atoms with van der Waals surface area (Å²) in [7, 11) is 0. The topological polar surface area (TPSA) is 320 Å². The molecule has 0 unspecified atom stereocenters. The van der Waals surface area contributed by atoms with Crippen LogP contribution in [0.5, 0.6) is 0 Å². The van der Waals surface area contributed by atoms with E-state index in [4.69, 9.17) is 28.7 Å². The summed E-state index contributed by atoms with van der Waals surface area (Å²) in [4.78, 5) is 73.1. The Morgan fingerprint density at radius 2 is 1.42 bits per heavy atom. The highest BCUT2D eigenvalue weighted by molar-refractivity contribution is 5.96. The van der Waals surface area contributed by atoms with E-state index in [0.717, 1.165) is 0 Å². The number of nitrogens with two attached hydrogens (primary N) is 5. The highest BCUT2D eigenvalue weighted by Gasteiger charge is 2.39. The van der Waals surface area contributed by atoms with Crippen LogP contribution < -0.4 is 44.6 Å². The first kappa shape index (κ1) is 36.8. The fourth-order valence-electron chi connectivity index (χ4n) is 4.43. The number of aliphatic hydroxyl groups is 1. The van der Waals surface area contributed by atoms with Crippen molar-refractivity contribution >= 4 is 41.5 Å². The van der Waals surface area contributed by atoms with E-state index in [1.54, 1.807) is 13.8 Å². The second-order valence-corrected chi connectivity index (χ2v) is 10.6. The van der Waals surface area contributed by atoms with Crippen molar-refractivity contribution in [3.05, 3.63) is 0 Å². The van der Waals surface area contributed by atoms with Crippen LogP contribution in [0, 0.1) is 5.92 Å². The number of likely N-dealkylation sites (tertiary alicyclic amines) is 1. The van der Waals surface area contributed by atoms with Crippen molar-refractivity contribution in [2.45, 2.75) is 82.6 Å². The molecule has 5 atom stereocenters. The third kappa shape index (κ3) is 12.7. The summed E-state index contributed by atoms with van der Waals surface area (Å²) in [5, 5.41) is 26.4. The molecule has 15 N–H and O–H groups in total. The molecule has 0 spiro atoms. The molecule has 1 saturated heterocycles. The molecule has 1 fully saturated rings. The molecule has 0 bridgehead atoms. The van der Waals surface area contributed by atoms with Gasteiger partial charge in [-0.15, -0.1) is 0 Å². The first-order valence-electron chi connectivity index (χ1n) is 14.1. The van der Waals surface area contributed by atoms with E-state index in [2.05, 4.69) is 25.9 Å². The van der Waals surface area contributed by atoms with Gasteiger partial charge in [0.2, 0.25) is 23.6 Å². The molecule has 1 heterocycles. The second kappa shape index (κ2) is 18.4. The van der Waals surface area contributed by atoms with Gasteiger partial charge in [0.25, 0.3) is 0 Å². The molecule has 0 saturated carbocycles. The van der Waals surface area contributed by atoms with Crippen molar-refractivity contribution in [3.8, 4) is 0 Å². The number of hydrogen-bond donors (Lipinski definition) is 10. The van der Waals surface area contributed by atoms with Gasteiger partial charge in [0.1, 0.15) is 30.2 Å². The van der Waals surface area contributed by atoms with Gasteiger partial charge in [0, 0.05) is 19.6 Å². The number of carboxylic acids is 1. The van der Waals surface area contributed by atoms with Crippen LogP contribution >= 0.6 is 0 Å². The minimum absolute atomic E-state index is 0.0533. The Labute approximate surface area is 250 Å². The van der Waals surface area contributed by atoms with Crippen molar-refractivity contribution in [1.29, 1.82) is 0 Å². The van der Waals surface area contributed by atoms with Crippen molar-refractivity contribution in [1.82, 2.24) is 20.9 Å². The van der Waals surface area contributed by atoms with Crippen molar-refractivity contribution in [3.63, 3.8) is 0 Å². The number of aliphatic imine (C=N–C) groups is 2. The van der Waals surface area contributed by atoms with Gasteiger partial charge in [-0.25, -0.2) is 4.79 Å². The van der Waals surface area contributed by atoms with Crippen LogP contribution in [0.25, 0.3) is 0 Å². The number of rotatable bonds is 18. The summed E-state index contributed by atoms with van der Waals surface area (Å²) < 4.78 is 0. The molecule has 0 aromatic heterocycles. The number of nitrogens with zero attached hydrogens (tertiary/aromatic N) is 3. The average Bonchev–Trinajstić information content (AvgIpc) is 3.43. The maximum Gasteiger partial charge on any atom is 0.326 e. The third-order valence-corrected chi connectivity index (χ3v) is 6.74. The van der Waals surface area contributed by atoms with E-state index in [-0.39, 0.29) is 44.4 Å². The zero-order valence-electron chi connectivity index (χ0n) is 24.7. The summed E-state index contributed by atoms with van der Waals surface area (Å²) >= 11 is 0. The highest BCUT2D eigenvalue weighted by atomic mass is 16.4. The lowest BCUT2D eigenvalue weighted by Gasteiger charge is -2.31. The first-order valence-corrected chi connectivity index (χ1v) is 14.1. The molecule has 18 nitrogen and oxygen atoms in total. The molecular formula is C25H47N11O7. The number of carbonyl (C=O) groups excluding carboxylic acids is 4. The first-order chi connectivity index (χ1) is 20.2. The monoisotopic (exact) mass is 613 g/mol. The molecule has 0 aliphatic carbocycles. The summed E-state index contributed by atoms with van der Waals surface area (Å²) in [5.41, 5.74) is 26.8. The van der Waals surface area contributed by atoms with E-state index in [9.17, 15) is 34.2 Å². The zero-order valence-corrected chi connectivity index (χ0v) is 24.7. The van der Waals surface area contributed by atoms with Gasteiger partial charge >= 0.3 is 5.97 Å². The van der Waals surface area contributed by atoms with Gasteiger partial charge in [0.05, 0.1) is 6.61 Å². The zero-order chi connectivity index (χ0) is 32.7. The number of guanidine groups is 2. The number of carbonyl (C=O) groups is 5. The van der Waals surface area contributed by atoms with Crippen LogP contribution in [0.4, 0.5) is 0 Å². The largest absolute Gasteiger partial charge is 0.480 e. The lowest BCUT2D eigenvalue weighted by atomic mass is 10.0. The maximum absolute atomic E-state index is 13.5. The number of aliphatic hydroxyl groups excluding tert-OH is 1. The van der Waals surface area contributed by atoms with E-state index in [1.807, 2.05) is 0 Å². The molecule has 244 valence electrons. The second-order valence-electron chi connectivity index (χ2n) is 10.6. The molecule has 0 radical (unpaired) electrons. The lowest BCUT2D eigenvalue weighted by Crippen LogP contribution is -2.59. The van der Waals surface area contributed by atoms with Crippen LogP contribution in [0.15, 0.2) is 9.98 Å². The van der Waals surface area contributed by atoms with Crippen molar-refractivity contribution in [2.24, 2.45) is 44.6 Å². The van der Waals surface area contributed by atoms with E-state index in [0.29, 0.717) is 25.7 Å². The Morgan fingerprint density at radius 1 is 0.884 bits per heavy atom. The van der Waals surface area contributed by atoms with Crippen LogP contribution in [-0.4, -0.2) is 113 Å². The minimum Gasteiger partial charge on any atom is -0.480 e. The number of aliphatic carboxylic acids is 1.